The van der Waals surface area contributed by atoms with E-state index < -0.39 is 7.27 Å². The van der Waals surface area contributed by atoms with Gasteiger partial charge in [0.1, 0.15) is 18.6 Å². The van der Waals surface area contributed by atoms with Crippen molar-refractivity contribution < 1.29 is 13.5 Å². The molecule has 0 atom stereocenters. The fourth-order valence-electron chi connectivity index (χ4n) is 1.95. The second kappa shape index (κ2) is 5.20. The summed E-state index contributed by atoms with van der Waals surface area (Å²) in [6.45, 7) is 3.04. The number of quaternary nitrogens is 1. The number of piperazine rings is 1. The second-order valence-corrected chi connectivity index (χ2v) is 3.90. The van der Waals surface area contributed by atoms with E-state index in [4.69, 9.17) is 0 Å². The van der Waals surface area contributed by atoms with E-state index in [1.54, 1.807) is 6.20 Å². The van der Waals surface area contributed by atoms with Crippen LogP contribution in [0.3, 0.4) is 0 Å². The maximum absolute atomic E-state index is 12.2. The Morgan fingerprint density at radius 1 is 1.38 bits per heavy atom. The van der Waals surface area contributed by atoms with Crippen LogP contribution in [0, 0.1) is 0 Å². The Labute approximate surface area is 93.5 Å². The van der Waals surface area contributed by atoms with Crippen molar-refractivity contribution in [3.05, 3.63) is 18.6 Å². The van der Waals surface area contributed by atoms with Crippen molar-refractivity contribution in [1.29, 1.82) is 0 Å². The number of aromatic nitrogens is 2. The predicted molar refractivity (Wildman–Crippen MR) is 57.8 cm³/mol. The van der Waals surface area contributed by atoms with E-state index in [1.165, 1.54) is 6.33 Å². The van der Waals surface area contributed by atoms with Crippen LogP contribution in [0.2, 0.25) is 0 Å². The third-order valence-corrected chi connectivity index (χ3v) is 2.80. The summed E-state index contributed by atoms with van der Waals surface area (Å²) in [7, 11) is -2.21. The number of nitrogens with zero attached hydrogens (tertiary/aromatic N) is 3. The van der Waals surface area contributed by atoms with Gasteiger partial charge in [-0.05, 0) is 6.07 Å². The lowest BCUT2D eigenvalue weighted by Crippen LogP contribution is -3.16. The molecule has 7 heteroatoms. The molecule has 0 amide bonds. The van der Waals surface area contributed by atoms with E-state index in [9.17, 15) is 8.63 Å². The smallest absolute Gasteiger partial charge is 0.345 e. The molecule has 1 aliphatic rings. The SMILES string of the molecule is FB(F)C[NH+]1CCN(c2ccncn2)CC1. The van der Waals surface area contributed by atoms with Crippen LogP contribution in [-0.4, -0.2) is 49.9 Å². The first-order valence-corrected chi connectivity index (χ1v) is 5.38. The standard InChI is InChI=1S/C9H13BF2N4/c11-10(12)7-15-3-5-16(6-4-15)9-1-2-13-8-14-9/h1-2,8H,3-7H2/p+1. The Morgan fingerprint density at radius 2 is 2.12 bits per heavy atom. The second-order valence-electron chi connectivity index (χ2n) is 3.90. The first-order valence-electron chi connectivity index (χ1n) is 5.38. The van der Waals surface area contributed by atoms with E-state index in [-0.39, 0.29) is 6.44 Å². The molecule has 1 aliphatic heterocycles. The third-order valence-electron chi connectivity index (χ3n) is 2.80. The summed E-state index contributed by atoms with van der Waals surface area (Å²) in [5.41, 5.74) is 0. The van der Waals surface area contributed by atoms with Gasteiger partial charge in [-0.15, -0.1) is 0 Å². The first-order chi connectivity index (χ1) is 7.75. The van der Waals surface area contributed by atoms with Gasteiger partial charge in [0.05, 0.1) is 26.2 Å². The van der Waals surface area contributed by atoms with Crippen molar-refractivity contribution in [3.63, 3.8) is 0 Å². The Bertz CT molecular complexity index is 317. The quantitative estimate of drug-likeness (QED) is 0.683. The molecule has 2 heterocycles. The van der Waals surface area contributed by atoms with Crippen molar-refractivity contribution in [2.75, 3.05) is 37.5 Å². The first kappa shape index (κ1) is 11.3. The lowest BCUT2D eigenvalue weighted by Gasteiger charge is -2.32. The Hall–Kier alpha value is -1.24. The summed E-state index contributed by atoms with van der Waals surface area (Å²) in [6, 6.07) is 1.85. The summed E-state index contributed by atoms with van der Waals surface area (Å²) >= 11 is 0. The van der Waals surface area contributed by atoms with Crippen LogP contribution in [0.25, 0.3) is 0 Å². The largest absolute Gasteiger partial charge is 0.592 e. The lowest BCUT2D eigenvalue weighted by atomic mass is 9.98. The summed E-state index contributed by atoms with van der Waals surface area (Å²) in [4.78, 5) is 11.1. The topological polar surface area (TPSA) is 33.5 Å². The van der Waals surface area contributed by atoms with E-state index >= 15 is 0 Å². The Morgan fingerprint density at radius 3 is 2.69 bits per heavy atom. The van der Waals surface area contributed by atoms with E-state index in [2.05, 4.69) is 14.9 Å². The Balaban J connectivity index is 1.86. The van der Waals surface area contributed by atoms with Gasteiger partial charge < -0.3 is 9.80 Å². The average Bonchev–Trinajstić information content (AvgIpc) is 2.30. The van der Waals surface area contributed by atoms with Crippen LogP contribution in [-0.2, 0) is 0 Å². The van der Waals surface area contributed by atoms with Crippen LogP contribution < -0.4 is 9.80 Å². The maximum Gasteiger partial charge on any atom is 0.592 e. The summed E-state index contributed by atoms with van der Waals surface area (Å²) in [6.07, 6.45) is 3.16. The number of hydrogen-bond acceptors (Lipinski definition) is 3. The van der Waals surface area contributed by atoms with Crippen LogP contribution in [0.5, 0.6) is 0 Å². The number of hydrogen-bond donors (Lipinski definition) is 1. The van der Waals surface area contributed by atoms with Crippen molar-refractivity contribution in [2.45, 2.75) is 0 Å². The van der Waals surface area contributed by atoms with Gasteiger partial charge in [-0.3, -0.25) is 8.63 Å². The van der Waals surface area contributed by atoms with Crippen molar-refractivity contribution in [2.24, 2.45) is 0 Å². The van der Waals surface area contributed by atoms with Crippen molar-refractivity contribution >= 4 is 13.1 Å². The summed E-state index contributed by atoms with van der Waals surface area (Å²) in [5.74, 6) is 0.881. The molecule has 0 unspecified atom stereocenters. The Kier molecular flexibility index (Phi) is 3.66. The van der Waals surface area contributed by atoms with Crippen LogP contribution in [0.4, 0.5) is 14.4 Å². The van der Waals surface area contributed by atoms with Crippen LogP contribution in [0.15, 0.2) is 18.6 Å². The molecule has 0 saturated carbocycles. The number of anilines is 1. The highest BCUT2D eigenvalue weighted by Gasteiger charge is 2.26. The zero-order valence-corrected chi connectivity index (χ0v) is 8.94. The molecule has 1 aromatic heterocycles. The van der Waals surface area contributed by atoms with Gasteiger partial charge in [0, 0.05) is 6.20 Å². The fraction of sp³-hybridized carbons (Fsp3) is 0.556. The maximum atomic E-state index is 12.2. The van der Waals surface area contributed by atoms with Gasteiger partial charge in [-0.25, -0.2) is 9.97 Å². The molecule has 0 aromatic carbocycles. The van der Waals surface area contributed by atoms with Gasteiger partial charge in [-0.2, -0.15) is 0 Å². The summed E-state index contributed by atoms with van der Waals surface area (Å²) in [5, 5.41) is 0. The van der Waals surface area contributed by atoms with Gasteiger partial charge in [-0.1, -0.05) is 0 Å². The molecule has 1 saturated heterocycles. The van der Waals surface area contributed by atoms with E-state index in [0.29, 0.717) is 0 Å². The van der Waals surface area contributed by atoms with Gasteiger partial charge in [0.2, 0.25) is 0 Å². The highest BCUT2D eigenvalue weighted by atomic mass is 19.2. The molecule has 2 rings (SSSR count). The molecular formula is C9H14BF2N4+. The van der Waals surface area contributed by atoms with Gasteiger partial charge in [0.15, 0.2) is 0 Å². The number of rotatable bonds is 3. The molecule has 86 valence electrons. The number of nitrogens with one attached hydrogen (secondary N) is 1. The molecule has 4 nitrogen and oxygen atoms in total. The molecule has 0 aliphatic carbocycles. The average molecular weight is 227 g/mol. The fourth-order valence-corrected chi connectivity index (χ4v) is 1.95. The molecule has 0 bridgehead atoms. The molecule has 0 spiro atoms. The highest BCUT2D eigenvalue weighted by molar-refractivity contribution is 6.42. The lowest BCUT2D eigenvalue weighted by molar-refractivity contribution is -0.891. The van der Waals surface area contributed by atoms with Gasteiger partial charge >= 0.3 is 7.27 Å². The van der Waals surface area contributed by atoms with Crippen LogP contribution >= 0.6 is 0 Å². The summed E-state index contributed by atoms with van der Waals surface area (Å²) < 4.78 is 24.4. The molecule has 16 heavy (non-hydrogen) atoms. The van der Waals surface area contributed by atoms with Crippen LogP contribution in [0.1, 0.15) is 0 Å². The van der Waals surface area contributed by atoms with Gasteiger partial charge in [0.25, 0.3) is 0 Å². The molecular weight excluding hydrogens is 213 g/mol. The zero-order valence-electron chi connectivity index (χ0n) is 8.94. The minimum absolute atomic E-state index is 0.0440. The minimum Gasteiger partial charge on any atom is -0.345 e. The van der Waals surface area contributed by atoms with Crippen molar-refractivity contribution in [1.82, 2.24) is 9.97 Å². The monoisotopic (exact) mass is 227 g/mol. The molecule has 0 radical (unpaired) electrons. The van der Waals surface area contributed by atoms with Crippen molar-refractivity contribution in [3.8, 4) is 0 Å². The third kappa shape index (κ3) is 2.88. The molecule has 1 aromatic rings. The number of halogens is 2. The van der Waals surface area contributed by atoms with E-state index in [0.717, 1.165) is 36.9 Å². The molecule has 1 fully saturated rings. The predicted octanol–water partition coefficient (Wildman–Crippen LogP) is -0.852. The normalized spacial score (nSPS) is 17.5. The molecule has 1 N–H and O–H groups in total. The highest BCUT2D eigenvalue weighted by Crippen LogP contribution is 2.07. The zero-order chi connectivity index (χ0) is 11.4. The minimum atomic E-state index is -2.21. The van der Waals surface area contributed by atoms with E-state index in [1.807, 2.05) is 6.07 Å².